The van der Waals surface area contributed by atoms with Crippen LogP contribution >= 0.6 is 0 Å². The van der Waals surface area contributed by atoms with Crippen molar-refractivity contribution in [1.29, 1.82) is 0 Å². The molecule has 0 saturated carbocycles. The molecule has 7 nitrogen and oxygen atoms in total. The van der Waals surface area contributed by atoms with Gasteiger partial charge in [0.15, 0.2) is 0 Å². The van der Waals surface area contributed by atoms with Crippen LogP contribution in [0.4, 0.5) is 5.69 Å². The minimum atomic E-state index is -1.01. The van der Waals surface area contributed by atoms with Crippen molar-refractivity contribution in [1.82, 2.24) is 0 Å². The Kier molecular flexibility index (Phi) is 3.67. The van der Waals surface area contributed by atoms with E-state index in [0.717, 1.165) is 12.1 Å². The summed E-state index contributed by atoms with van der Waals surface area (Å²) in [5.74, 6) is -1.32. The molecular formula is C9H7NO6. The van der Waals surface area contributed by atoms with Crippen LogP contribution in [0.15, 0.2) is 18.2 Å². The topological polar surface area (TPSA) is 107 Å². The number of hydrogen-bond acceptors (Lipinski definition) is 6. The van der Waals surface area contributed by atoms with E-state index in [4.69, 9.17) is 5.11 Å². The fourth-order valence-electron chi connectivity index (χ4n) is 0.992. The molecule has 0 heterocycles. The summed E-state index contributed by atoms with van der Waals surface area (Å²) in [6.45, 7) is -0.882. The second kappa shape index (κ2) is 4.99. The quantitative estimate of drug-likeness (QED) is 0.260. The monoisotopic (exact) mass is 225 g/mol. The molecule has 0 aliphatic heterocycles. The van der Waals surface area contributed by atoms with Gasteiger partial charge in [0.05, 0.1) is 4.92 Å². The highest BCUT2D eigenvalue weighted by molar-refractivity contribution is 5.79. The van der Waals surface area contributed by atoms with Crippen molar-refractivity contribution in [2.45, 2.75) is 0 Å². The minimum absolute atomic E-state index is 0.0931. The number of ether oxygens (including phenoxy) is 1. The molecule has 0 amide bonds. The Hall–Kier alpha value is -2.28. The van der Waals surface area contributed by atoms with Gasteiger partial charge in [-0.1, -0.05) is 0 Å². The highest BCUT2D eigenvalue weighted by atomic mass is 16.6. The molecule has 0 aliphatic carbocycles. The number of aliphatic hydroxyl groups is 1. The maximum Gasteiger partial charge on any atom is 0.337 e. The predicted molar refractivity (Wildman–Crippen MR) is 51.2 cm³/mol. The van der Waals surface area contributed by atoms with Gasteiger partial charge in [0.25, 0.3) is 0 Å². The Morgan fingerprint density at radius 2 is 2.25 bits per heavy atom. The standard InChI is InChI=1S/C9H7NO6/c11-4-6-1-2-8(16-9(13)5-12)7(3-6)10(14)15/h1-4,12H,5H2. The van der Waals surface area contributed by atoms with E-state index in [0.29, 0.717) is 6.29 Å². The fourth-order valence-corrected chi connectivity index (χ4v) is 0.992. The lowest BCUT2D eigenvalue weighted by molar-refractivity contribution is -0.385. The van der Waals surface area contributed by atoms with Crippen molar-refractivity contribution in [3.8, 4) is 5.75 Å². The van der Waals surface area contributed by atoms with Gasteiger partial charge in [0.2, 0.25) is 5.75 Å². The van der Waals surface area contributed by atoms with Crippen LogP contribution in [-0.2, 0) is 4.79 Å². The van der Waals surface area contributed by atoms with Gasteiger partial charge in [-0.3, -0.25) is 14.9 Å². The lowest BCUT2D eigenvalue weighted by atomic mass is 10.2. The van der Waals surface area contributed by atoms with E-state index in [1.54, 1.807) is 0 Å². The molecule has 1 aromatic rings. The van der Waals surface area contributed by atoms with E-state index in [2.05, 4.69) is 4.74 Å². The Labute approximate surface area is 89.4 Å². The third-order valence-electron chi connectivity index (χ3n) is 1.67. The van der Waals surface area contributed by atoms with Gasteiger partial charge in [-0.2, -0.15) is 0 Å². The molecule has 84 valence electrons. The van der Waals surface area contributed by atoms with E-state index in [1.165, 1.54) is 6.07 Å². The number of carbonyl (C=O) groups is 2. The molecule has 0 unspecified atom stereocenters. The van der Waals surface area contributed by atoms with Gasteiger partial charge in [-0.25, -0.2) is 4.79 Å². The molecule has 1 N–H and O–H groups in total. The number of nitrogens with zero attached hydrogens (tertiary/aromatic N) is 1. The van der Waals surface area contributed by atoms with Crippen LogP contribution in [0.1, 0.15) is 10.4 Å². The summed E-state index contributed by atoms with van der Waals surface area (Å²) in [5, 5.41) is 19.0. The molecule has 0 fully saturated rings. The lowest BCUT2D eigenvalue weighted by Gasteiger charge is -2.03. The number of aliphatic hydroxyl groups excluding tert-OH is 1. The third-order valence-corrected chi connectivity index (χ3v) is 1.67. The zero-order valence-corrected chi connectivity index (χ0v) is 7.95. The lowest BCUT2D eigenvalue weighted by Crippen LogP contribution is -2.13. The smallest absolute Gasteiger partial charge is 0.337 e. The van der Waals surface area contributed by atoms with Gasteiger partial charge in [0, 0.05) is 11.6 Å². The molecule has 1 aromatic carbocycles. The van der Waals surface area contributed by atoms with Gasteiger partial charge in [-0.15, -0.1) is 0 Å². The Balaban J connectivity index is 3.12. The molecule has 7 heteroatoms. The van der Waals surface area contributed by atoms with Crippen LogP contribution in [0.25, 0.3) is 0 Å². The predicted octanol–water partition coefficient (Wildman–Crippen LogP) is 0.305. The number of nitro groups is 1. The van der Waals surface area contributed by atoms with Crippen molar-refractivity contribution < 1.29 is 24.4 Å². The highest BCUT2D eigenvalue weighted by Gasteiger charge is 2.18. The normalized spacial score (nSPS) is 9.56. The highest BCUT2D eigenvalue weighted by Crippen LogP contribution is 2.27. The SMILES string of the molecule is O=Cc1ccc(OC(=O)CO)c([N+](=O)[O-])c1. The number of esters is 1. The van der Waals surface area contributed by atoms with Gasteiger partial charge >= 0.3 is 11.7 Å². The Morgan fingerprint density at radius 3 is 2.75 bits per heavy atom. The number of hydrogen-bond donors (Lipinski definition) is 1. The number of rotatable bonds is 4. The van der Waals surface area contributed by atoms with Crippen molar-refractivity contribution in [3.63, 3.8) is 0 Å². The molecular weight excluding hydrogens is 218 g/mol. The molecule has 16 heavy (non-hydrogen) atoms. The third kappa shape index (κ3) is 2.61. The fraction of sp³-hybridized carbons (Fsp3) is 0.111. The van der Waals surface area contributed by atoms with Crippen molar-refractivity contribution in [2.24, 2.45) is 0 Å². The number of nitro benzene ring substituents is 1. The summed E-state index contributed by atoms with van der Waals surface area (Å²) in [6, 6.07) is 3.36. The summed E-state index contributed by atoms with van der Waals surface area (Å²) in [6.07, 6.45) is 0.435. The minimum Gasteiger partial charge on any atom is -0.417 e. The number of aldehydes is 1. The molecule has 0 radical (unpaired) electrons. The van der Waals surface area contributed by atoms with Gasteiger partial charge < -0.3 is 9.84 Å². The van der Waals surface area contributed by atoms with Gasteiger partial charge in [0.1, 0.15) is 12.9 Å². The molecule has 0 saturated heterocycles. The summed E-state index contributed by atoms with van der Waals surface area (Å²) < 4.78 is 4.51. The van der Waals surface area contributed by atoms with Gasteiger partial charge in [-0.05, 0) is 12.1 Å². The van der Waals surface area contributed by atoms with Crippen LogP contribution in [0, 0.1) is 10.1 Å². The summed E-state index contributed by atoms with van der Waals surface area (Å²) >= 11 is 0. The second-order valence-electron chi connectivity index (χ2n) is 2.73. The van der Waals surface area contributed by atoms with Crippen LogP contribution < -0.4 is 4.74 Å². The summed E-state index contributed by atoms with van der Waals surface area (Å²) in [5.41, 5.74) is -0.415. The molecule has 0 bridgehead atoms. The van der Waals surface area contributed by atoms with E-state index >= 15 is 0 Å². The van der Waals surface area contributed by atoms with Crippen molar-refractivity contribution >= 4 is 17.9 Å². The van der Waals surface area contributed by atoms with E-state index in [9.17, 15) is 19.7 Å². The first-order valence-electron chi connectivity index (χ1n) is 4.13. The van der Waals surface area contributed by atoms with E-state index in [1.807, 2.05) is 0 Å². The Morgan fingerprint density at radius 1 is 1.56 bits per heavy atom. The maximum atomic E-state index is 10.7. The first-order valence-corrected chi connectivity index (χ1v) is 4.13. The van der Waals surface area contributed by atoms with E-state index in [-0.39, 0.29) is 11.3 Å². The number of benzene rings is 1. The van der Waals surface area contributed by atoms with E-state index < -0.39 is 23.2 Å². The van der Waals surface area contributed by atoms with Crippen molar-refractivity contribution in [2.75, 3.05) is 6.61 Å². The van der Waals surface area contributed by atoms with Crippen LogP contribution in [-0.4, -0.2) is 28.9 Å². The first kappa shape index (κ1) is 11.8. The molecule has 0 atom stereocenters. The molecule has 0 aliphatic rings. The Bertz CT molecular complexity index is 442. The zero-order valence-electron chi connectivity index (χ0n) is 7.95. The summed E-state index contributed by atoms with van der Waals surface area (Å²) in [7, 11) is 0. The molecule has 1 rings (SSSR count). The zero-order chi connectivity index (χ0) is 12.1. The van der Waals surface area contributed by atoms with Crippen molar-refractivity contribution in [3.05, 3.63) is 33.9 Å². The van der Waals surface area contributed by atoms with Crippen LogP contribution in [0.3, 0.4) is 0 Å². The average molecular weight is 225 g/mol. The molecule has 0 aromatic heterocycles. The first-order chi connectivity index (χ1) is 7.58. The molecule has 0 spiro atoms. The largest absolute Gasteiger partial charge is 0.417 e. The maximum absolute atomic E-state index is 10.7. The number of carbonyl (C=O) groups excluding carboxylic acids is 2. The van der Waals surface area contributed by atoms with Crippen LogP contribution in [0.5, 0.6) is 5.75 Å². The average Bonchev–Trinajstić information content (AvgIpc) is 2.29. The van der Waals surface area contributed by atoms with Crippen LogP contribution in [0.2, 0.25) is 0 Å². The summed E-state index contributed by atoms with van der Waals surface area (Å²) in [4.78, 5) is 31.0. The second-order valence-corrected chi connectivity index (χ2v) is 2.73.